The highest BCUT2D eigenvalue weighted by atomic mass is 16.2. The maximum atomic E-state index is 11.8. The van der Waals surface area contributed by atoms with Gasteiger partial charge in [0.1, 0.15) is 0 Å². The Morgan fingerprint density at radius 1 is 1.06 bits per heavy atom. The average molecular weight is 484 g/mol. The summed E-state index contributed by atoms with van der Waals surface area (Å²) in [5.74, 6) is 0.406. The highest BCUT2D eigenvalue weighted by molar-refractivity contribution is 5.72. The van der Waals surface area contributed by atoms with Crippen LogP contribution < -0.4 is 11.4 Å². The van der Waals surface area contributed by atoms with Crippen molar-refractivity contribution < 1.29 is 0 Å². The van der Waals surface area contributed by atoms with Crippen LogP contribution in [0.3, 0.4) is 0 Å². The van der Waals surface area contributed by atoms with Gasteiger partial charge in [-0.15, -0.1) is 20.4 Å². The van der Waals surface area contributed by atoms with Gasteiger partial charge in [-0.2, -0.15) is 14.8 Å². The van der Waals surface area contributed by atoms with Crippen LogP contribution in [0.15, 0.2) is 50.1 Å². The van der Waals surface area contributed by atoms with Crippen LogP contribution in [-0.4, -0.2) is 44.5 Å². The number of hydrogen-bond donors (Lipinski definition) is 3. The van der Waals surface area contributed by atoms with E-state index in [9.17, 15) is 9.59 Å². The van der Waals surface area contributed by atoms with Gasteiger partial charge in [0.05, 0.1) is 18.0 Å². The van der Waals surface area contributed by atoms with Crippen LogP contribution >= 0.6 is 0 Å². The molecule has 0 aliphatic carbocycles. The largest absolute Gasteiger partial charge is 0.352 e. The molecule has 1 aromatic carbocycles. The average Bonchev–Trinajstić information content (AvgIpc) is 3.49. The molecule has 0 fully saturated rings. The van der Waals surface area contributed by atoms with Crippen LogP contribution in [-0.2, 0) is 5.41 Å². The van der Waals surface area contributed by atoms with Crippen LogP contribution in [0.1, 0.15) is 32.2 Å². The SMILES string of the molecule is [C-]#[N+]c1c(C)nn(-c2nc(=O)[nH]c(=O)[nH]2)c1N=Nc1c(C(C)(C)C)[nH]n2c(-c3ccccc3)nnc12. The van der Waals surface area contributed by atoms with Crippen molar-refractivity contribution in [3.05, 3.63) is 74.1 Å². The lowest BCUT2D eigenvalue weighted by molar-refractivity contribution is 0.563. The van der Waals surface area contributed by atoms with Crippen molar-refractivity contribution in [2.45, 2.75) is 33.1 Å². The van der Waals surface area contributed by atoms with E-state index >= 15 is 0 Å². The third kappa shape index (κ3) is 3.78. The molecule has 5 aromatic rings. The minimum Gasteiger partial charge on any atom is -0.292 e. The van der Waals surface area contributed by atoms with Crippen LogP contribution in [0, 0.1) is 13.5 Å². The number of fused-ring (bicyclic) bond motifs is 1. The van der Waals surface area contributed by atoms with Gasteiger partial charge >= 0.3 is 11.4 Å². The number of H-pyrrole nitrogens is 3. The number of rotatable bonds is 4. The molecule has 180 valence electrons. The molecule has 0 bridgehead atoms. The van der Waals surface area contributed by atoms with Gasteiger partial charge in [-0.05, 0) is 6.92 Å². The zero-order valence-corrected chi connectivity index (χ0v) is 19.7. The Labute approximate surface area is 202 Å². The second-order valence-electron chi connectivity index (χ2n) is 8.93. The van der Waals surface area contributed by atoms with Gasteiger partial charge < -0.3 is 0 Å². The number of benzene rings is 1. The third-order valence-corrected chi connectivity index (χ3v) is 5.33. The van der Waals surface area contributed by atoms with E-state index in [0.29, 0.717) is 22.9 Å². The standard InChI is InChI=1S/C22H20N12O2/c1-11-13(23-5)17(34(31-11)19-24-20(35)26-21(36)25-19)29-27-14-15(22(2,3)4)32-33-16(28-30-18(14)33)12-9-7-6-8-10-12/h6-10,32H,1-4H3,(H2,24,25,26,35,36). The number of azo groups is 1. The van der Waals surface area contributed by atoms with Crippen molar-refractivity contribution in [3.63, 3.8) is 0 Å². The molecule has 4 heterocycles. The molecule has 0 aliphatic heterocycles. The maximum Gasteiger partial charge on any atom is 0.352 e. The first-order valence-corrected chi connectivity index (χ1v) is 10.8. The van der Waals surface area contributed by atoms with Gasteiger partial charge in [0.2, 0.25) is 11.6 Å². The van der Waals surface area contributed by atoms with Gasteiger partial charge in [0.15, 0.2) is 17.3 Å². The summed E-state index contributed by atoms with van der Waals surface area (Å²) in [6.45, 7) is 15.2. The number of nitrogens with one attached hydrogen (secondary N) is 3. The summed E-state index contributed by atoms with van der Waals surface area (Å²) in [4.78, 5) is 35.2. The molecule has 0 saturated carbocycles. The minimum atomic E-state index is -0.867. The van der Waals surface area contributed by atoms with Gasteiger partial charge in [-0.1, -0.05) is 51.1 Å². The molecule has 0 atom stereocenters. The van der Waals surface area contributed by atoms with E-state index in [2.05, 4.69) is 45.4 Å². The van der Waals surface area contributed by atoms with Gasteiger partial charge in [0.25, 0.3) is 5.69 Å². The summed E-state index contributed by atoms with van der Waals surface area (Å²) in [6.07, 6.45) is 0. The monoisotopic (exact) mass is 484 g/mol. The fraction of sp³-hybridized carbons (Fsp3) is 0.227. The molecule has 0 radical (unpaired) electrons. The predicted molar refractivity (Wildman–Crippen MR) is 129 cm³/mol. The molecule has 0 unspecified atom stereocenters. The van der Waals surface area contributed by atoms with Crippen molar-refractivity contribution in [2.24, 2.45) is 10.2 Å². The predicted octanol–water partition coefficient (Wildman–Crippen LogP) is 3.25. The lowest BCUT2D eigenvalue weighted by atomic mass is 9.91. The summed E-state index contributed by atoms with van der Waals surface area (Å²) in [7, 11) is 0. The Hall–Kier alpha value is -5.19. The van der Waals surface area contributed by atoms with E-state index in [1.165, 1.54) is 0 Å². The Balaban J connectivity index is 1.71. The number of aryl methyl sites for hydroxylation is 1. The maximum absolute atomic E-state index is 11.8. The van der Waals surface area contributed by atoms with Crippen molar-refractivity contribution in [1.29, 1.82) is 0 Å². The zero-order chi connectivity index (χ0) is 25.6. The Morgan fingerprint density at radius 3 is 2.47 bits per heavy atom. The van der Waals surface area contributed by atoms with Gasteiger partial charge in [0, 0.05) is 11.0 Å². The van der Waals surface area contributed by atoms with Gasteiger partial charge in [-0.25, -0.2) is 18.9 Å². The fourth-order valence-electron chi connectivity index (χ4n) is 3.67. The quantitative estimate of drug-likeness (QED) is 0.261. The zero-order valence-electron chi connectivity index (χ0n) is 19.7. The highest BCUT2D eigenvalue weighted by Crippen LogP contribution is 2.38. The first kappa shape index (κ1) is 22.6. The van der Waals surface area contributed by atoms with Crippen LogP contribution in [0.2, 0.25) is 0 Å². The normalized spacial score (nSPS) is 12.0. The Bertz CT molecular complexity index is 1760. The molecular formula is C22H20N12O2. The molecule has 14 nitrogen and oxygen atoms in total. The summed E-state index contributed by atoms with van der Waals surface area (Å²) in [6, 6.07) is 9.58. The Kier molecular flexibility index (Phi) is 5.17. The van der Waals surface area contributed by atoms with Crippen LogP contribution in [0.25, 0.3) is 27.8 Å². The van der Waals surface area contributed by atoms with E-state index in [-0.39, 0.29) is 22.9 Å². The number of nitrogens with zero attached hydrogens (tertiary/aromatic N) is 9. The summed E-state index contributed by atoms with van der Waals surface area (Å²) in [5.41, 5.74) is 0.873. The molecule has 14 heteroatoms. The number of hydrogen-bond acceptors (Lipinski definition) is 8. The molecule has 4 aromatic heterocycles. The number of aromatic amines is 3. The van der Waals surface area contributed by atoms with Gasteiger partial charge in [-0.3, -0.25) is 15.1 Å². The summed E-state index contributed by atoms with van der Waals surface area (Å²) in [5, 5.41) is 25.0. The molecule has 5 rings (SSSR count). The lowest BCUT2D eigenvalue weighted by Crippen LogP contribution is -2.27. The molecular weight excluding hydrogens is 464 g/mol. The van der Waals surface area contributed by atoms with E-state index in [1.54, 1.807) is 11.4 Å². The van der Waals surface area contributed by atoms with Crippen molar-refractivity contribution >= 4 is 22.8 Å². The smallest absolute Gasteiger partial charge is 0.292 e. The number of aromatic nitrogens is 9. The van der Waals surface area contributed by atoms with E-state index in [1.807, 2.05) is 56.1 Å². The molecule has 36 heavy (non-hydrogen) atoms. The first-order valence-electron chi connectivity index (χ1n) is 10.8. The second-order valence-corrected chi connectivity index (χ2v) is 8.93. The Morgan fingerprint density at radius 2 is 1.81 bits per heavy atom. The molecule has 0 amide bonds. The van der Waals surface area contributed by atoms with Crippen molar-refractivity contribution in [1.82, 2.24) is 44.5 Å². The van der Waals surface area contributed by atoms with Crippen LogP contribution in [0.4, 0.5) is 17.2 Å². The molecule has 3 N–H and O–H groups in total. The topological polar surface area (TPSA) is 171 Å². The molecule has 0 aliphatic rings. The summed E-state index contributed by atoms with van der Waals surface area (Å²) >= 11 is 0. The minimum absolute atomic E-state index is 0.00161. The lowest BCUT2D eigenvalue weighted by Gasteiger charge is -2.16. The van der Waals surface area contributed by atoms with Crippen LogP contribution in [0.5, 0.6) is 0 Å². The fourth-order valence-corrected chi connectivity index (χ4v) is 3.67. The molecule has 0 saturated heterocycles. The molecule has 0 spiro atoms. The van der Waals surface area contributed by atoms with E-state index in [4.69, 9.17) is 6.57 Å². The van der Waals surface area contributed by atoms with Crippen molar-refractivity contribution in [3.8, 4) is 17.3 Å². The third-order valence-electron chi connectivity index (χ3n) is 5.33. The second kappa shape index (κ2) is 8.24. The summed E-state index contributed by atoms with van der Waals surface area (Å²) < 4.78 is 2.83. The van der Waals surface area contributed by atoms with Crippen molar-refractivity contribution in [2.75, 3.05) is 0 Å². The first-order chi connectivity index (χ1) is 17.2. The van der Waals surface area contributed by atoms with E-state index < -0.39 is 11.4 Å². The highest BCUT2D eigenvalue weighted by Gasteiger charge is 2.27. The van der Waals surface area contributed by atoms with E-state index in [0.717, 1.165) is 15.9 Å².